The third kappa shape index (κ3) is 3.93. The van der Waals surface area contributed by atoms with E-state index < -0.39 is 10.0 Å². The van der Waals surface area contributed by atoms with E-state index in [1.54, 1.807) is 50.5 Å². The molecule has 2 aromatic carbocycles. The number of hydrogen-bond acceptors (Lipinski definition) is 4. The molecule has 0 aliphatic carbocycles. The molecule has 0 atom stereocenters. The molecule has 1 aliphatic rings. The molecule has 0 radical (unpaired) electrons. The number of carbonyl (C=O) groups excluding carboxylic acids is 1. The summed E-state index contributed by atoms with van der Waals surface area (Å²) >= 11 is 0. The molecule has 1 aliphatic heterocycles. The number of likely N-dealkylation sites (N-methyl/N-ethyl adjacent to an activating group) is 1. The summed E-state index contributed by atoms with van der Waals surface area (Å²) in [4.78, 5) is 13.4. The Kier molecular flexibility index (Phi) is 4.67. The third-order valence-electron chi connectivity index (χ3n) is 4.03. The SMILES string of the molecule is CN(C)C(=O)Cc1ccc(NS(=O)(=O)c2ccc3c(c2)CCO3)cc1. The first-order chi connectivity index (χ1) is 11.8. The second kappa shape index (κ2) is 6.76. The minimum Gasteiger partial charge on any atom is -0.493 e. The van der Waals surface area contributed by atoms with Crippen molar-refractivity contribution in [1.82, 2.24) is 4.90 Å². The third-order valence-corrected chi connectivity index (χ3v) is 5.41. The minimum atomic E-state index is -3.66. The molecule has 1 N–H and O–H groups in total. The molecule has 6 nitrogen and oxygen atoms in total. The maximum atomic E-state index is 12.5. The van der Waals surface area contributed by atoms with Crippen molar-refractivity contribution in [1.29, 1.82) is 0 Å². The molecule has 2 aromatic rings. The number of ether oxygens (including phenoxy) is 1. The van der Waals surface area contributed by atoms with Crippen molar-refractivity contribution in [2.24, 2.45) is 0 Å². The van der Waals surface area contributed by atoms with Gasteiger partial charge < -0.3 is 9.64 Å². The largest absolute Gasteiger partial charge is 0.493 e. The number of sulfonamides is 1. The summed E-state index contributed by atoms with van der Waals surface area (Å²) in [6.07, 6.45) is 0.998. The Morgan fingerprint density at radius 3 is 2.56 bits per heavy atom. The number of fused-ring (bicyclic) bond motifs is 1. The van der Waals surface area contributed by atoms with Crippen LogP contribution in [-0.2, 0) is 27.7 Å². The highest BCUT2D eigenvalue weighted by molar-refractivity contribution is 7.92. The standard InChI is InChI=1S/C18H20N2O4S/c1-20(2)18(21)11-13-3-5-15(6-4-13)19-25(22,23)16-7-8-17-14(12-16)9-10-24-17/h3-8,12,19H,9-11H2,1-2H3. The Hall–Kier alpha value is -2.54. The van der Waals surface area contributed by atoms with Crippen LogP contribution in [0.4, 0.5) is 5.69 Å². The fraction of sp³-hybridized carbons (Fsp3) is 0.278. The molecule has 1 amide bonds. The van der Waals surface area contributed by atoms with E-state index >= 15 is 0 Å². The first kappa shape index (κ1) is 17.3. The van der Waals surface area contributed by atoms with E-state index in [0.29, 0.717) is 18.7 Å². The average molecular weight is 360 g/mol. The van der Waals surface area contributed by atoms with E-state index in [4.69, 9.17) is 4.74 Å². The van der Waals surface area contributed by atoms with Crippen LogP contribution in [0.15, 0.2) is 47.4 Å². The van der Waals surface area contributed by atoms with Gasteiger partial charge in [-0.15, -0.1) is 0 Å². The lowest BCUT2D eigenvalue weighted by Crippen LogP contribution is -2.23. The van der Waals surface area contributed by atoms with Gasteiger partial charge in [0.15, 0.2) is 0 Å². The van der Waals surface area contributed by atoms with Crippen LogP contribution in [0.2, 0.25) is 0 Å². The molecule has 132 valence electrons. The molecular formula is C18H20N2O4S. The van der Waals surface area contributed by atoms with Gasteiger partial charge in [0.05, 0.1) is 17.9 Å². The van der Waals surface area contributed by atoms with Crippen LogP contribution >= 0.6 is 0 Å². The molecule has 0 saturated heterocycles. The maximum absolute atomic E-state index is 12.5. The average Bonchev–Trinajstić information content (AvgIpc) is 3.04. The van der Waals surface area contributed by atoms with Gasteiger partial charge in [0.25, 0.3) is 10.0 Å². The zero-order valence-corrected chi connectivity index (χ0v) is 15.0. The zero-order chi connectivity index (χ0) is 18.0. The van der Waals surface area contributed by atoms with Crippen LogP contribution in [0.25, 0.3) is 0 Å². The van der Waals surface area contributed by atoms with Gasteiger partial charge in [-0.2, -0.15) is 0 Å². The fourth-order valence-corrected chi connectivity index (χ4v) is 3.68. The number of rotatable bonds is 5. The lowest BCUT2D eigenvalue weighted by molar-refractivity contribution is -0.127. The fourth-order valence-electron chi connectivity index (χ4n) is 2.57. The molecule has 1 heterocycles. The molecule has 7 heteroatoms. The molecule has 0 saturated carbocycles. The van der Waals surface area contributed by atoms with Gasteiger partial charge in [-0.1, -0.05) is 12.1 Å². The molecule has 0 spiro atoms. The van der Waals surface area contributed by atoms with E-state index in [9.17, 15) is 13.2 Å². The molecule has 25 heavy (non-hydrogen) atoms. The molecule has 0 aromatic heterocycles. The molecular weight excluding hydrogens is 340 g/mol. The molecule has 3 rings (SSSR count). The summed E-state index contributed by atoms with van der Waals surface area (Å²) < 4.78 is 33.0. The predicted octanol–water partition coefficient (Wildman–Crippen LogP) is 2.05. The van der Waals surface area contributed by atoms with Crippen molar-refractivity contribution < 1.29 is 17.9 Å². The first-order valence-corrected chi connectivity index (χ1v) is 9.41. The van der Waals surface area contributed by atoms with Gasteiger partial charge in [-0.25, -0.2) is 8.42 Å². The second-order valence-corrected chi connectivity index (χ2v) is 7.82. The number of nitrogens with zero attached hydrogens (tertiary/aromatic N) is 1. The Labute approximate surface area is 147 Å². The van der Waals surface area contributed by atoms with Crippen molar-refractivity contribution in [2.75, 3.05) is 25.4 Å². The summed E-state index contributed by atoms with van der Waals surface area (Å²) in [7, 11) is -0.263. The smallest absolute Gasteiger partial charge is 0.261 e. The van der Waals surface area contributed by atoms with E-state index in [1.165, 1.54) is 11.0 Å². The van der Waals surface area contributed by atoms with Crippen molar-refractivity contribution >= 4 is 21.6 Å². The van der Waals surface area contributed by atoms with Gasteiger partial charge >= 0.3 is 0 Å². The van der Waals surface area contributed by atoms with Crippen molar-refractivity contribution in [2.45, 2.75) is 17.7 Å². The van der Waals surface area contributed by atoms with E-state index in [-0.39, 0.29) is 17.2 Å². The van der Waals surface area contributed by atoms with Crippen molar-refractivity contribution in [3.63, 3.8) is 0 Å². The Bertz CT molecular complexity index is 890. The molecule has 0 unspecified atom stereocenters. The summed E-state index contributed by atoms with van der Waals surface area (Å²) in [5, 5.41) is 0. The van der Waals surface area contributed by atoms with E-state index in [2.05, 4.69) is 4.72 Å². The Balaban J connectivity index is 1.74. The van der Waals surface area contributed by atoms with Gasteiger partial charge in [-0.3, -0.25) is 9.52 Å². The lowest BCUT2D eigenvalue weighted by atomic mass is 10.1. The molecule has 0 fully saturated rings. The summed E-state index contributed by atoms with van der Waals surface area (Å²) in [6, 6.07) is 11.7. The number of nitrogens with one attached hydrogen (secondary N) is 1. The Morgan fingerprint density at radius 1 is 1.16 bits per heavy atom. The second-order valence-electron chi connectivity index (χ2n) is 6.14. The summed E-state index contributed by atoms with van der Waals surface area (Å²) in [6.45, 7) is 0.583. The van der Waals surface area contributed by atoms with Gasteiger partial charge in [0, 0.05) is 26.2 Å². The van der Waals surface area contributed by atoms with E-state index in [0.717, 1.165) is 16.9 Å². The number of amides is 1. The zero-order valence-electron chi connectivity index (χ0n) is 14.2. The number of hydrogen-bond donors (Lipinski definition) is 1. The van der Waals surface area contributed by atoms with Gasteiger partial charge in [-0.05, 0) is 41.5 Å². The predicted molar refractivity (Wildman–Crippen MR) is 95.3 cm³/mol. The summed E-state index contributed by atoms with van der Waals surface area (Å²) in [5.41, 5.74) is 2.19. The normalized spacial score (nSPS) is 13.0. The number of carbonyl (C=O) groups is 1. The van der Waals surface area contributed by atoms with Gasteiger partial charge in [0.2, 0.25) is 5.91 Å². The van der Waals surface area contributed by atoms with Crippen LogP contribution in [0.1, 0.15) is 11.1 Å². The molecule has 0 bridgehead atoms. The number of anilines is 1. The first-order valence-electron chi connectivity index (χ1n) is 7.93. The topological polar surface area (TPSA) is 75.7 Å². The van der Waals surface area contributed by atoms with E-state index in [1.807, 2.05) is 0 Å². The van der Waals surface area contributed by atoms with Gasteiger partial charge in [0.1, 0.15) is 5.75 Å². The van der Waals surface area contributed by atoms with Crippen LogP contribution in [0.3, 0.4) is 0 Å². The van der Waals surface area contributed by atoms with Crippen molar-refractivity contribution in [3.8, 4) is 5.75 Å². The lowest BCUT2D eigenvalue weighted by Gasteiger charge is -2.11. The van der Waals surface area contributed by atoms with Crippen LogP contribution in [0, 0.1) is 0 Å². The maximum Gasteiger partial charge on any atom is 0.261 e. The van der Waals surface area contributed by atoms with Crippen molar-refractivity contribution in [3.05, 3.63) is 53.6 Å². The quantitative estimate of drug-likeness (QED) is 0.885. The number of benzene rings is 2. The highest BCUT2D eigenvalue weighted by Gasteiger charge is 2.19. The van der Waals surface area contributed by atoms with Crippen LogP contribution < -0.4 is 9.46 Å². The minimum absolute atomic E-state index is 0.00584. The monoisotopic (exact) mass is 360 g/mol. The Morgan fingerprint density at radius 2 is 1.88 bits per heavy atom. The van der Waals surface area contributed by atoms with Crippen LogP contribution in [-0.4, -0.2) is 39.9 Å². The van der Waals surface area contributed by atoms with Crippen LogP contribution in [0.5, 0.6) is 5.75 Å². The highest BCUT2D eigenvalue weighted by atomic mass is 32.2. The highest BCUT2D eigenvalue weighted by Crippen LogP contribution is 2.28. The summed E-state index contributed by atoms with van der Waals surface area (Å²) in [5.74, 6) is 0.738.